The van der Waals surface area contributed by atoms with Crippen LogP contribution in [-0.4, -0.2) is 44.1 Å². The second kappa shape index (κ2) is 10.4. The molecule has 0 bridgehead atoms. The van der Waals surface area contributed by atoms with Crippen LogP contribution in [0.1, 0.15) is 29.5 Å². The summed E-state index contributed by atoms with van der Waals surface area (Å²) in [6.07, 6.45) is 2.68. The standard InChI is InChI=1S/C16H28N4S.HI/c1-13-6-9-20(10-7-13)11-8-18-16(17-3)19-12-15-5-4-14(2)21-15;/h4-5,13H,6-12H2,1-3H3,(H2,17,18,19);1H. The van der Waals surface area contributed by atoms with E-state index in [1.807, 2.05) is 18.4 Å². The largest absolute Gasteiger partial charge is 0.355 e. The van der Waals surface area contributed by atoms with Crippen molar-refractivity contribution in [2.24, 2.45) is 10.9 Å². The van der Waals surface area contributed by atoms with Crippen LogP contribution in [0.2, 0.25) is 0 Å². The molecule has 0 aliphatic carbocycles. The highest BCUT2D eigenvalue weighted by Crippen LogP contribution is 2.15. The first kappa shape index (κ1) is 19.7. The molecule has 2 heterocycles. The van der Waals surface area contributed by atoms with E-state index in [0.717, 1.165) is 31.5 Å². The number of aliphatic imine (C=N–C) groups is 1. The second-order valence-electron chi connectivity index (χ2n) is 5.89. The number of nitrogens with one attached hydrogen (secondary N) is 2. The highest BCUT2D eigenvalue weighted by molar-refractivity contribution is 14.0. The zero-order valence-corrected chi connectivity index (χ0v) is 17.0. The van der Waals surface area contributed by atoms with Crippen LogP contribution in [0.15, 0.2) is 17.1 Å². The monoisotopic (exact) mass is 436 g/mol. The maximum Gasteiger partial charge on any atom is 0.191 e. The molecule has 1 aromatic heterocycles. The summed E-state index contributed by atoms with van der Waals surface area (Å²) >= 11 is 1.83. The van der Waals surface area contributed by atoms with E-state index in [1.54, 1.807) is 0 Å². The molecule has 0 amide bonds. The Labute approximate surface area is 155 Å². The summed E-state index contributed by atoms with van der Waals surface area (Å²) in [4.78, 5) is 9.53. The number of likely N-dealkylation sites (tertiary alicyclic amines) is 1. The Morgan fingerprint density at radius 3 is 2.64 bits per heavy atom. The van der Waals surface area contributed by atoms with Crippen molar-refractivity contribution in [3.05, 3.63) is 21.9 Å². The average Bonchev–Trinajstić information content (AvgIpc) is 2.90. The van der Waals surface area contributed by atoms with Crippen LogP contribution in [0.25, 0.3) is 0 Å². The lowest BCUT2D eigenvalue weighted by molar-refractivity contribution is 0.195. The molecule has 1 saturated heterocycles. The first-order chi connectivity index (χ1) is 10.2. The van der Waals surface area contributed by atoms with Gasteiger partial charge in [0.1, 0.15) is 0 Å². The molecule has 0 aromatic carbocycles. The highest BCUT2D eigenvalue weighted by Gasteiger charge is 2.14. The summed E-state index contributed by atoms with van der Waals surface area (Å²) in [6, 6.07) is 4.34. The van der Waals surface area contributed by atoms with Gasteiger partial charge in [-0.3, -0.25) is 4.99 Å². The van der Waals surface area contributed by atoms with E-state index in [-0.39, 0.29) is 24.0 Å². The van der Waals surface area contributed by atoms with Gasteiger partial charge in [0.25, 0.3) is 0 Å². The summed E-state index contributed by atoms with van der Waals surface area (Å²) in [5.41, 5.74) is 0. The van der Waals surface area contributed by atoms with E-state index in [0.29, 0.717) is 0 Å². The molecule has 1 aliphatic heterocycles. The molecule has 1 fully saturated rings. The van der Waals surface area contributed by atoms with Gasteiger partial charge in [0.15, 0.2) is 5.96 Å². The van der Waals surface area contributed by atoms with E-state index in [1.165, 1.54) is 35.7 Å². The minimum absolute atomic E-state index is 0. The van der Waals surface area contributed by atoms with Crippen molar-refractivity contribution in [2.45, 2.75) is 33.2 Å². The molecule has 22 heavy (non-hydrogen) atoms. The smallest absolute Gasteiger partial charge is 0.191 e. The van der Waals surface area contributed by atoms with Gasteiger partial charge in [-0.05, 0) is 50.9 Å². The molecular formula is C16H29IN4S. The third kappa shape index (κ3) is 6.83. The number of halogens is 1. The summed E-state index contributed by atoms with van der Waals surface area (Å²) < 4.78 is 0. The van der Waals surface area contributed by atoms with Crippen LogP contribution in [0, 0.1) is 12.8 Å². The van der Waals surface area contributed by atoms with E-state index >= 15 is 0 Å². The SMILES string of the molecule is CN=C(NCCN1CCC(C)CC1)NCc1ccc(C)s1.I. The molecule has 0 saturated carbocycles. The highest BCUT2D eigenvalue weighted by atomic mass is 127. The fourth-order valence-electron chi connectivity index (χ4n) is 2.59. The molecule has 2 rings (SSSR count). The van der Waals surface area contributed by atoms with E-state index in [4.69, 9.17) is 0 Å². The van der Waals surface area contributed by atoms with Gasteiger partial charge in [-0.2, -0.15) is 0 Å². The molecule has 0 spiro atoms. The molecule has 0 atom stereocenters. The van der Waals surface area contributed by atoms with Crippen molar-refractivity contribution in [3.8, 4) is 0 Å². The van der Waals surface area contributed by atoms with Gasteiger partial charge >= 0.3 is 0 Å². The van der Waals surface area contributed by atoms with Crippen LogP contribution >= 0.6 is 35.3 Å². The van der Waals surface area contributed by atoms with Crippen molar-refractivity contribution in [1.29, 1.82) is 0 Å². The number of hydrogen-bond donors (Lipinski definition) is 2. The van der Waals surface area contributed by atoms with E-state index < -0.39 is 0 Å². The molecular weight excluding hydrogens is 407 g/mol. The van der Waals surface area contributed by atoms with Crippen LogP contribution in [0.4, 0.5) is 0 Å². The predicted octanol–water partition coefficient (Wildman–Crippen LogP) is 3.07. The van der Waals surface area contributed by atoms with E-state index in [2.05, 4.69) is 46.5 Å². The predicted molar refractivity (Wildman–Crippen MR) is 108 cm³/mol. The van der Waals surface area contributed by atoms with Crippen LogP contribution < -0.4 is 10.6 Å². The summed E-state index contributed by atoms with van der Waals surface area (Å²) in [6.45, 7) is 9.88. The Bertz CT molecular complexity index is 453. The van der Waals surface area contributed by atoms with Gasteiger partial charge in [-0.15, -0.1) is 35.3 Å². The quantitative estimate of drug-likeness (QED) is 0.424. The number of nitrogens with zero attached hydrogens (tertiary/aromatic N) is 2. The Hall–Kier alpha value is -0.340. The van der Waals surface area contributed by atoms with Gasteiger partial charge in [0.05, 0.1) is 6.54 Å². The zero-order chi connectivity index (χ0) is 15.1. The fraction of sp³-hybridized carbons (Fsp3) is 0.688. The Balaban J connectivity index is 0.00000242. The van der Waals surface area contributed by atoms with E-state index in [9.17, 15) is 0 Å². The third-order valence-electron chi connectivity index (χ3n) is 4.05. The number of piperidine rings is 1. The third-order valence-corrected chi connectivity index (χ3v) is 5.05. The van der Waals surface area contributed by atoms with Gasteiger partial charge < -0.3 is 15.5 Å². The van der Waals surface area contributed by atoms with Gasteiger partial charge in [-0.25, -0.2) is 0 Å². The normalized spacial score (nSPS) is 17.1. The maximum absolute atomic E-state index is 4.29. The summed E-state index contributed by atoms with van der Waals surface area (Å²) in [7, 11) is 1.83. The lowest BCUT2D eigenvalue weighted by atomic mass is 9.99. The van der Waals surface area contributed by atoms with Crippen molar-refractivity contribution in [3.63, 3.8) is 0 Å². The molecule has 6 heteroatoms. The Morgan fingerprint density at radius 1 is 1.32 bits per heavy atom. The maximum atomic E-state index is 4.29. The minimum atomic E-state index is 0. The van der Waals surface area contributed by atoms with Gasteiger partial charge in [0, 0.05) is 29.9 Å². The second-order valence-corrected chi connectivity index (χ2v) is 7.26. The van der Waals surface area contributed by atoms with Crippen LogP contribution in [-0.2, 0) is 6.54 Å². The molecule has 0 radical (unpaired) electrons. The Kier molecular flexibility index (Phi) is 9.35. The molecule has 4 nitrogen and oxygen atoms in total. The van der Waals surface area contributed by atoms with Crippen molar-refractivity contribution in [2.75, 3.05) is 33.2 Å². The van der Waals surface area contributed by atoms with Gasteiger partial charge in [-0.1, -0.05) is 6.92 Å². The first-order valence-corrected chi connectivity index (χ1v) is 8.71. The molecule has 1 aliphatic rings. The van der Waals surface area contributed by atoms with Crippen LogP contribution in [0.3, 0.4) is 0 Å². The lowest BCUT2D eigenvalue weighted by Crippen LogP contribution is -2.43. The zero-order valence-electron chi connectivity index (χ0n) is 13.9. The summed E-state index contributed by atoms with van der Waals surface area (Å²) in [5.74, 6) is 1.80. The number of guanidine groups is 1. The minimum Gasteiger partial charge on any atom is -0.355 e. The average molecular weight is 436 g/mol. The number of aryl methyl sites for hydroxylation is 1. The molecule has 2 N–H and O–H groups in total. The van der Waals surface area contributed by atoms with Crippen LogP contribution in [0.5, 0.6) is 0 Å². The number of thiophene rings is 1. The number of rotatable bonds is 5. The van der Waals surface area contributed by atoms with Crippen molar-refractivity contribution < 1.29 is 0 Å². The first-order valence-electron chi connectivity index (χ1n) is 7.89. The fourth-order valence-corrected chi connectivity index (χ4v) is 3.42. The Morgan fingerprint density at radius 2 is 2.05 bits per heavy atom. The summed E-state index contributed by atoms with van der Waals surface area (Å²) in [5, 5.41) is 6.78. The molecule has 1 aromatic rings. The van der Waals surface area contributed by atoms with Gasteiger partial charge in [0.2, 0.25) is 0 Å². The molecule has 0 unspecified atom stereocenters. The molecule has 126 valence electrons. The number of hydrogen-bond acceptors (Lipinski definition) is 3. The topological polar surface area (TPSA) is 39.7 Å². The van der Waals surface area contributed by atoms with Crippen molar-refractivity contribution >= 4 is 41.3 Å². The van der Waals surface area contributed by atoms with Crippen molar-refractivity contribution in [1.82, 2.24) is 15.5 Å². The lowest BCUT2D eigenvalue weighted by Gasteiger charge is -2.30.